The highest BCUT2D eigenvalue weighted by atomic mass is 32.2. The molecule has 9 heteroatoms. The van der Waals surface area contributed by atoms with Gasteiger partial charge in [-0.15, -0.1) is 10.2 Å². The van der Waals surface area contributed by atoms with E-state index in [2.05, 4.69) is 19.9 Å². The Labute approximate surface area is 174 Å². The molecular weight excluding hydrogens is 402 g/mol. The standard InChI is InChI=1S/C21H19N5O3S/c1-2-16-3-9-19(10-4-16)30(27,28)25-17-5-7-18(8-6-17)29-21-12-11-20(23-24-21)26-14-13-22-15-26/h3-15,25H,2H2,1H3. The number of aryl methyl sites for hydroxylation is 1. The van der Waals surface area contributed by atoms with Crippen LogP contribution in [0.25, 0.3) is 5.82 Å². The first kappa shape index (κ1) is 19.6. The first-order chi connectivity index (χ1) is 14.5. The second-order valence-corrected chi connectivity index (χ2v) is 8.11. The van der Waals surface area contributed by atoms with Gasteiger partial charge < -0.3 is 4.74 Å². The zero-order valence-corrected chi connectivity index (χ0v) is 17.0. The third-order valence-electron chi connectivity index (χ3n) is 4.37. The molecule has 30 heavy (non-hydrogen) atoms. The zero-order valence-electron chi connectivity index (χ0n) is 16.1. The minimum absolute atomic E-state index is 0.216. The number of ether oxygens (including phenoxy) is 1. The van der Waals surface area contributed by atoms with Crippen LogP contribution in [0, 0.1) is 0 Å². The highest BCUT2D eigenvalue weighted by Gasteiger charge is 2.14. The fourth-order valence-corrected chi connectivity index (χ4v) is 3.79. The number of sulfonamides is 1. The number of aromatic nitrogens is 4. The normalized spacial score (nSPS) is 11.2. The molecule has 152 valence electrons. The van der Waals surface area contributed by atoms with Crippen molar-refractivity contribution in [2.24, 2.45) is 0 Å². The van der Waals surface area contributed by atoms with Crippen LogP contribution >= 0.6 is 0 Å². The Morgan fingerprint density at radius 1 is 0.967 bits per heavy atom. The van der Waals surface area contributed by atoms with Crippen LogP contribution in [0.5, 0.6) is 11.6 Å². The van der Waals surface area contributed by atoms with Gasteiger partial charge in [-0.05, 0) is 54.4 Å². The molecule has 0 spiro atoms. The van der Waals surface area contributed by atoms with Gasteiger partial charge in [0.25, 0.3) is 10.0 Å². The smallest absolute Gasteiger partial charge is 0.261 e. The van der Waals surface area contributed by atoms with Crippen molar-refractivity contribution in [1.82, 2.24) is 19.7 Å². The molecule has 1 N–H and O–H groups in total. The van der Waals surface area contributed by atoms with Gasteiger partial charge in [0.15, 0.2) is 5.82 Å². The lowest BCUT2D eigenvalue weighted by atomic mass is 10.2. The summed E-state index contributed by atoms with van der Waals surface area (Å²) in [7, 11) is -3.66. The molecule has 4 rings (SSSR count). The Morgan fingerprint density at radius 3 is 2.33 bits per heavy atom. The van der Waals surface area contributed by atoms with Gasteiger partial charge in [-0.2, -0.15) is 0 Å². The van der Waals surface area contributed by atoms with Crippen LogP contribution in [0.15, 0.2) is 84.3 Å². The molecule has 8 nitrogen and oxygen atoms in total. The van der Waals surface area contributed by atoms with Gasteiger partial charge in [-0.1, -0.05) is 19.1 Å². The monoisotopic (exact) mass is 421 g/mol. The average Bonchev–Trinajstić information content (AvgIpc) is 3.30. The number of imidazole rings is 1. The molecule has 2 aromatic carbocycles. The van der Waals surface area contributed by atoms with Crippen LogP contribution in [0.2, 0.25) is 0 Å². The minimum Gasteiger partial charge on any atom is -0.438 e. The highest BCUT2D eigenvalue weighted by molar-refractivity contribution is 7.92. The van der Waals surface area contributed by atoms with Crippen molar-refractivity contribution in [3.63, 3.8) is 0 Å². The molecule has 0 bridgehead atoms. The highest BCUT2D eigenvalue weighted by Crippen LogP contribution is 2.23. The molecule has 0 amide bonds. The molecule has 0 aliphatic rings. The van der Waals surface area contributed by atoms with Crippen molar-refractivity contribution in [3.8, 4) is 17.4 Å². The van der Waals surface area contributed by atoms with Crippen LogP contribution in [0.3, 0.4) is 0 Å². The van der Waals surface area contributed by atoms with E-state index in [0.29, 0.717) is 23.1 Å². The van der Waals surface area contributed by atoms with E-state index in [1.165, 1.54) is 0 Å². The van der Waals surface area contributed by atoms with E-state index < -0.39 is 10.0 Å². The summed E-state index contributed by atoms with van der Waals surface area (Å²) in [4.78, 5) is 4.18. The Morgan fingerprint density at radius 2 is 1.73 bits per heavy atom. The first-order valence-electron chi connectivity index (χ1n) is 9.25. The van der Waals surface area contributed by atoms with Crippen molar-refractivity contribution in [2.45, 2.75) is 18.2 Å². The quantitative estimate of drug-likeness (QED) is 0.487. The number of hydrogen-bond donors (Lipinski definition) is 1. The van der Waals surface area contributed by atoms with Gasteiger partial charge in [-0.3, -0.25) is 9.29 Å². The summed E-state index contributed by atoms with van der Waals surface area (Å²) >= 11 is 0. The topological polar surface area (TPSA) is 99.0 Å². The fraction of sp³-hybridized carbons (Fsp3) is 0.0952. The van der Waals surface area contributed by atoms with Gasteiger partial charge in [0.1, 0.15) is 12.1 Å². The molecule has 0 saturated heterocycles. The van der Waals surface area contributed by atoms with Gasteiger partial charge >= 0.3 is 0 Å². The van der Waals surface area contributed by atoms with Crippen LogP contribution in [0.1, 0.15) is 12.5 Å². The van der Waals surface area contributed by atoms with Crippen LogP contribution in [-0.4, -0.2) is 28.2 Å². The Kier molecular flexibility index (Phi) is 5.44. The number of nitrogens with zero attached hydrogens (tertiary/aromatic N) is 4. The molecule has 0 aliphatic carbocycles. The van der Waals surface area contributed by atoms with Crippen molar-refractivity contribution >= 4 is 15.7 Å². The summed E-state index contributed by atoms with van der Waals surface area (Å²) in [5, 5.41) is 8.12. The Balaban J connectivity index is 1.42. The third-order valence-corrected chi connectivity index (χ3v) is 5.76. The molecule has 0 unspecified atom stereocenters. The molecule has 0 saturated carbocycles. The second kappa shape index (κ2) is 8.34. The van der Waals surface area contributed by atoms with Crippen molar-refractivity contribution in [1.29, 1.82) is 0 Å². The van der Waals surface area contributed by atoms with Crippen molar-refractivity contribution in [2.75, 3.05) is 4.72 Å². The maximum absolute atomic E-state index is 12.5. The zero-order chi connectivity index (χ0) is 21.0. The van der Waals surface area contributed by atoms with E-state index in [9.17, 15) is 8.42 Å². The largest absolute Gasteiger partial charge is 0.438 e. The van der Waals surface area contributed by atoms with Gasteiger partial charge in [0.2, 0.25) is 5.88 Å². The molecule has 4 aromatic rings. The molecule has 0 fully saturated rings. The molecular formula is C21H19N5O3S. The maximum atomic E-state index is 12.5. The molecule has 2 heterocycles. The fourth-order valence-electron chi connectivity index (χ4n) is 2.73. The number of anilines is 1. The van der Waals surface area contributed by atoms with E-state index in [1.807, 2.05) is 19.1 Å². The van der Waals surface area contributed by atoms with Gasteiger partial charge in [-0.25, -0.2) is 13.4 Å². The summed E-state index contributed by atoms with van der Waals surface area (Å²) in [5.41, 5.74) is 1.51. The lowest BCUT2D eigenvalue weighted by molar-refractivity contribution is 0.454. The van der Waals surface area contributed by atoms with Crippen LogP contribution < -0.4 is 9.46 Å². The van der Waals surface area contributed by atoms with E-state index in [-0.39, 0.29) is 4.90 Å². The lowest BCUT2D eigenvalue weighted by Gasteiger charge is -2.10. The number of hydrogen-bond acceptors (Lipinski definition) is 6. The predicted molar refractivity (Wildman–Crippen MR) is 112 cm³/mol. The van der Waals surface area contributed by atoms with E-state index in [4.69, 9.17) is 4.74 Å². The van der Waals surface area contributed by atoms with Gasteiger partial charge in [0, 0.05) is 24.1 Å². The predicted octanol–water partition coefficient (Wildman–Crippen LogP) is 3.82. The molecule has 2 aromatic heterocycles. The summed E-state index contributed by atoms with van der Waals surface area (Å²) in [5.74, 6) is 1.45. The summed E-state index contributed by atoms with van der Waals surface area (Å²) < 4.78 is 35.0. The maximum Gasteiger partial charge on any atom is 0.261 e. The molecule has 0 radical (unpaired) electrons. The van der Waals surface area contributed by atoms with E-state index >= 15 is 0 Å². The van der Waals surface area contributed by atoms with Crippen molar-refractivity contribution < 1.29 is 13.2 Å². The minimum atomic E-state index is -3.66. The average molecular weight is 421 g/mol. The lowest BCUT2D eigenvalue weighted by Crippen LogP contribution is -2.12. The van der Waals surface area contributed by atoms with Crippen molar-refractivity contribution in [3.05, 3.63) is 84.9 Å². The molecule has 0 atom stereocenters. The van der Waals surface area contributed by atoms with Crippen LogP contribution in [-0.2, 0) is 16.4 Å². The number of rotatable bonds is 7. The molecule has 0 aliphatic heterocycles. The van der Waals surface area contributed by atoms with Gasteiger partial charge in [0.05, 0.1) is 4.90 Å². The number of benzene rings is 2. The summed E-state index contributed by atoms with van der Waals surface area (Å²) in [6.07, 6.45) is 5.90. The Hall–Kier alpha value is -3.72. The first-order valence-corrected chi connectivity index (χ1v) is 10.7. The summed E-state index contributed by atoms with van der Waals surface area (Å²) in [6, 6.07) is 16.8. The second-order valence-electron chi connectivity index (χ2n) is 6.43. The third kappa shape index (κ3) is 4.47. The van der Waals surface area contributed by atoms with Crippen LogP contribution in [0.4, 0.5) is 5.69 Å². The van der Waals surface area contributed by atoms with E-state index in [1.54, 1.807) is 71.8 Å². The number of nitrogens with one attached hydrogen (secondary N) is 1. The SMILES string of the molecule is CCc1ccc(S(=O)(=O)Nc2ccc(Oc3ccc(-n4ccnc4)nn3)cc2)cc1. The Bertz CT molecular complexity index is 1210. The van der Waals surface area contributed by atoms with E-state index in [0.717, 1.165) is 12.0 Å². The summed E-state index contributed by atoms with van der Waals surface area (Å²) in [6.45, 7) is 2.02.